The molecule has 0 spiro atoms. The number of rotatable bonds is 5. The molecule has 152 valence electrons. The molecule has 5 rings (SSSR count). The Hall–Kier alpha value is -3.82. The van der Waals surface area contributed by atoms with Crippen LogP contribution in [0, 0.1) is 5.92 Å². The van der Waals surface area contributed by atoms with Gasteiger partial charge in [-0.25, -0.2) is 9.97 Å². The highest BCUT2D eigenvalue weighted by atomic mass is 16.5. The normalized spacial score (nSPS) is 18.7. The summed E-state index contributed by atoms with van der Waals surface area (Å²) in [6, 6.07) is 9.67. The summed E-state index contributed by atoms with van der Waals surface area (Å²) in [5.41, 5.74) is 8.25. The summed E-state index contributed by atoms with van der Waals surface area (Å²) in [6.45, 7) is 0. The third-order valence-electron chi connectivity index (χ3n) is 5.46. The van der Waals surface area contributed by atoms with Gasteiger partial charge in [-0.15, -0.1) is 5.10 Å². The fourth-order valence-electron chi connectivity index (χ4n) is 3.86. The van der Waals surface area contributed by atoms with Crippen LogP contribution in [-0.4, -0.2) is 49.0 Å². The van der Waals surface area contributed by atoms with Crippen LogP contribution in [0.5, 0.6) is 5.88 Å². The Morgan fingerprint density at radius 3 is 2.90 bits per heavy atom. The fraction of sp³-hybridized carbons (Fsp3) is 0.300. The Kier molecular flexibility index (Phi) is 4.38. The maximum atomic E-state index is 11.4. The van der Waals surface area contributed by atoms with Crippen LogP contribution in [0.1, 0.15) is 19.3 Å². The maximum Gasteiger partial charge on any atom is 0.225 e. The zero-order valence-corrected chi connectivity index (χ0v) is 16.3. The van der Waals surface area contributed by atoms with Crippen molar-refractivity contribution in [2.75, 3.05) is 12.4 Å². The largest absolute Gasteiger partial charge is 0.481 e. The van der Waals surface area contributed by atoms with Gasteiger partial charge in [-0.2, -0.15) is 9.67 Å². The molecule has 0 radical (unpaired) electrons. The van der Waals surface area contributed by atoms with Crippen LogP contribution in [-0.2, 0) is 4.79 Å². The van der Waals surface area contributed by atoms with E-state index in [1.165, 1.54) is 0 Å². The third-order valence-corrected chi connectivity index (χ3v) is 5.46. The topological polar surface area (TPSA) is 134 Å². The number of primary amides is 1. The van der Waals surface area contributed by atoms with E-state index in [1.807, 2.05) is 30.3 Å². The van der Waals surface area contributed by atoms with Crippen molar-refractivity contribution in [2.45, 2.75) is 25.3 Å². The molecule has 1 fully saturated rings. The van der Waals surface area contributed by atoms with E-state index in [4.69, 9.17) is 10.5 Å². The van der Waals surface area contributed by atoms with Crippen molar-refractivity contribution in [3.05, 3.63) is 36.5 Å². The highest BCUT2D eigenvalue weighted by Crippen LogP contribution is 2.27. The average molecular weight is 404 g/mol. The summed E-state index contributed by atoms with van der Waals surface area (Å²) in [7, 11) is 1.59. The lowest BCUT2D eigenvalue weighted by atomic mass is 10.1. The van der Waals surface area contributed by atoms with E-state index >= 15 is 0 Å². The van der Waals surface area contributed by atoms with Crippen LogP contribution < -0.4 is 15.8 Å². The molecule has 3 heterocycles. The first kappa shape index (κ1) is 18.2. The van der Waals surface area contributed by atoms with E-state index in [1.54, 1.807) is 18.0 Å². The lowest BCUT2D eigenvalue weighted by Gasteiger charge is -2.12. The first-order chi connectivity index (χ1) is 14.6. The van der Waals surface area contributed by atoms with Crippen molar-refractivity contribution in [3.63, 3.8) is 0 Å². The first-order valence-electron chi connectivity index (χ1n) is 9.70. The Morgan fingerprint density at radius 1 is 1.20 bits per heavy atom. The number of ether oxygens (including phenoxy) is 1. The Morgan fingerprint density at radius 2 is 2.10 bits per heavy atom. The van der Waals surface area contributed by atoms with Crippen LogP contribution in [0.15, 0.2) is 36.5 Å². The quantitative estimate of drug-likeness (QED) is 0.515. The van der Waals surface area contributed by atoms with Gasteiger partial charge in [-0.3, -0.25) is 4.79 Å². The number of fused-ring (bicyclic) bond motifs is 2. The number of nitrogens with one attached hydrogen (secondary N) is 1. The molecule has 1 aromatic carbocycles. The molecular weight excluding hydrogens is 384 g/mol. The number of aromatic nitrogens is 6. The molecule has 0 saturated heterocycles. The second-order valence-electron chi connectivity index (χ2n) is 7.39. The molecular formula is C20H20N8O2. The van der Waals surface area contributed by atoms with E-state index in [-0.39, 0.29) is 17.9 Å². The number of nitrogens with two attached hydrogens (primary N) is 1. The molecule has 2 unspecified atom stereocenters. The molecule has 1 saturated carbocycles. The van der Waals surface area contributed by atoms with E-state index in [9.17, 15) is 4.79 Å². The third kappa shape index (κ3) is 3.25. The lowest BCUT2D eigenvalue weighted by molar-refractivity contribution is -0.121. The minimum atomic E-state index is -0.249. The number of carbonyl (C=O) groups excluding carboxylic acids is 1. The number of carbonyl (C=O) groups is 1. The summed E-state index contributed by atoms with van der Waals surface area (Å²) in [5.74, 6) is 0.702. The Balaban J connectivity index is 1.46. The Labute approximate surface area is 171 Å². The molecule has 0 aliphatic heterocycles. The summed E-state index contributed by atoms with van der Waals surface area (Å²) in [5, 5.41) is 12.7. The van der Waals surface area contributed by atoms with E-state index in [0.29, 0.717) is 29.4 Å². The molecule has 0 bridgehead atoms. The second kappa shape index (κ2) is 7.21. The van der Waals surface area contributed by atoms with Crippen molar-refractivity contribution >= 4 is 33.9 Å². The van der Waals surface area contributed by atoms with Crippen molar-refractivity contribution in [3.8, 4) is 11.6 Å². The maximum absolute atomic E-state index is 11.4. The molecule has 30 heavy (non-hydrogen) atoms. The number of amides is 1. The van der Waals surface area contributed by atoms with Crippen LogP contribution in [0.25, 0.3) is 27.8 Å². The number of hydrogen-bond donors (Lipinski definition) is 2. The molecule has 3 N–H and O–H groups in total. The molecule has 1 amide bonds. The molecule has 3 aromatic heterocycles. The number of methoxy groups -OCH3 is 1. The minimum absolute atomic E-state index is 0.0942. The van der Waals surface area contributed by atoms with Gasteiger partial charge in [0.15, 0.2) is 11.2 Å². The monoisotopic (exact) mass is 404 g/mol. The smallest absolute Gasteiger partial charge is 0.225 e. The highest BCUT2D eigenvalue weighted by molar-refractivity contribution is 5.82. The van der Waals surface area contributed by atoms with Crippen molar-refractivity contribution < 1.29 is 9.53 Å². The number of hydrogen-bond acceptors (Lipinski definition) is 8. The lowest BCUT2D eigenvalue weighted by Crippen LogP contribution is -2.23. The van der Waals surface area contributed by atoms with Gasteiger partial charge in [0, 0.05) is 23.4 Å². The van der Waals surface area contributed by atoms with Gasteiger partial charge in [0.25, 0.3) is 0 Å². The number of nitrogens with zero attached hydrogens (tertiary/aromatic N) is 6. The average Bonchev–Trinajstić information content (AvgIpc) is 3.40. The summed E-state index contributed by atoms with van der Waals surface area (Å²) < 4.78 is 6.85. The fourth-order valence-corrected chi connectivity index (χ4v) is 3.86. The van der Waals surface area contributed by atoms with Gasteiger partial charge in [-0.05, 0) is 43.5 Å². The number of anilines is 1. The molecule has 1 aliphatic carbocycles. The van der Waals surface area contributed by atoms with Crippen LogP contribution in [0.3, 0.4) is 0 Å². The summed E-state index contributed by atoms with van der Waals surface area (Å²) in [4.78, 5) is 24.8. The van der Waals surface area contributed by atoms with Gasteiger partial charge >= 0.3 is 0 Å². The molecule has 4 aromatic rings. The number of pyridine rings is 1. The predicted octanol–water partition coefficient (Wildman–Crippen LogP) is 1.83. The van der Waals surface area contributed by atoms with Crippen molar-refractivity contribution in [1.82, 2.24) is 29.9 Å². The van der Waals surface area contributed by atoms with Crippen LogP contribution >= 0.6 is 0 Å². The molecule has 1 aliphatic rings. The van der Waals surface area contributed by atoms with Gasteiger partial charge in [0.1, 0.15) is 0 Å². The molecule has 10 nitrogen and oxygen atoms in total. The molecule has 10 heteroatoms. The summed E-state index contributed by atoms with van der Waals surface area (Å²) >= 11 is 0. The highest BCUT2D eigenvalue weighted by Gasteiger charge is 2.28. The second-order valence-corrected chi connectivity index (χ2v) is 7.39. The minimum Gasteiger partial charge on any atom is -0.481 e. The van der Waals surface area contributed by atoms with Gasteiger partial charge < -0.3 is 15.8 Å². The van der Waals surface area contributed by atoms with Crippen molar-refractivity contribution in [1.29, 1.82) is 0 Å². The zero-order chi connectivity index (χ0) is 20.7. The van der Waals surface area contributed by atoms with Crippen molar-refractivity contribution in [2.24, 2.45) is 11.7 Å². The molecule has 2 atom stereocenters. The van der Waals surface area contributed by atoms with Crippen LogP contribution in [0.4, 0.5) is 5.95 Å². The Bertz CT molecular complexity index is 1250. The number of benzene rings is 1. The van der Waals surface area contributed by atoms with E-state index in [0.717, 1.165) is 29.4 Å². The zero-order valence-electron chi connectivity index (χ0n) is 16.3. The van der Waals surface area contributed by atoms with E-state index in [2.05, 4.69) is 30.6 Å². The van der Waals surface area contributed by atoms with Gasteiger partial charge in [0.05, 0.1) is 24.5 Å². The predicted molar refractivity (Wildman–Crippen MR) is 110 cm³/mol. The summed E-state index contributed by atoms with van der Waals surface area (Å²) in [6.07, 6.45) is 3.97. The SMILES string of the molecule is COc1ccc2cc(-n3nnc4cnc(NC5CCC(C(N)=O)C5)nc43)ccc2n1. The van der Waals surface area contributed by atoms with Gasteiger partial charge in [-0.1, -0.05) is 5.21 Å². The standard InChI is InChI=1S/C20H20N8O2/c1-30-17-7-3-11-9-14(5-6-15(11)24-17)28-19-16(26-27-28)10-22-20(25-19)23-13-4-2-12(8-13)18(21)29/h3,5-7,9-10,12-13H,2,4,8H2,1H3,(H2,21,29)(H,22,23,25). The first-order valence-corrected chi connectivity index (χ1v) is 9.70. The van der Waals surface area contributed by atoms with E-state index < -0.39 is 0 Å². The van der Waals surface area contributed by atoms with Crippen LogP contribution in [0.2, 0.25) is 0 Å². The van der Waals surface area contributed by atoms with Gasteiger partial charge in [0.2, 0.25) is 17.7 Å².